The first-order valence-corrected chi connectivity index (χ1v) is 11.1. The molecule has 0 spiro atoms. The van der Waals surface area contributed by atoms with E-state index in [1.54, 1.807) is 6.20 Å². The molecular weight excluding hydrogens is 461 g/mol. The Bertz CT molecular complexity index is 847. The number of hydrogen-bond acceptors (Lipinski definition) is 6. The molecule has 142 valence electrons. The molecule has 0 N–H and O–H groups in total. The molecule has 0 bridgehead atoms. The summed E-state index contributed by atoms with van der Waals surface area (Å²) < 4.78 is 17.3. The van der Waals surface area contributed by atoms with E-state index in [1.807, 2.05) is 17.0 Å². The van der Waals surface area contributed by atoms with Gasteiger partial charge in [-0.2, -0.15) is 0 Å². The molecule has 8 heteroatoms. The minimum absolute atomic E-state index is 0.123. The van der Waals surface area contributed by atoms with Crippen molar-refractivity contribution < 1.29 is 39.0 Å². The fourth-order valence-corrected chi connectivity index (χ4v) is 5.78. The monoisotopic (exact) mass is 480 g/mol. The van der Waals surface area contributed by atoms with Crippen molar-refractivity contribution in [3.8, 4) is 11.6 Å². The van der Waals surface area contributed by atoms with Crippen LogP contribution in [0.1, 0.15) is 17.2 Å². The molecule has 2 fully saturated rings. The van der Waals surface area contributed by atoms with E-state index in [4.69, 9.17) is 12.5 Å². The van der Waals surface area contributed by atoms with Gasteiger partial charge in [-0.05, 0) is 12.1 Å². The van der Waals surface area contributed by atoms with Gasteiger partial charge in [-0.15, -0.1) is 0 Å². The molecule has 1 aromatic carbocycles. The summed E-state index contributed by atoms with van der Waals surface area (Å²) in [5, 5.41) is 0. The molecule has 1 amide bonds. The second-order valence-electron chi connectivity index (χ2n) is 6.76. The van der Waals surface area contributed by atoms with Crippen molar-refractivity contribution in [3.05, 3.63) is 53.7 Å². The van der Waals surface area contributed by atoms with Gasteiger partial charge >= 0.3 is 150 Å². The molecule has 4 heterocycles. The van der Waals surface area contributed by atoms with Crippen LogP contribution in [0.3, 0.4) is 0 Å². The average molecular weight is 480 g/mol. The topological polar surface area (TPSA) is 64.1 Å². The van der Waals surface area contributed by atoms with Gasteiger partial charge in [-0.25, -0.2) is 0 Å². The van der Waals surface area contributed by atoms with Crippen LogP contribution in [0.5, 0.6) is 11.6 Å². The number of aromatic nitrogens is 1. The molecule has 7 nitrogen and oxygen atoms in total. The second-order valence-corrected chi connectivity index (χ2v) is 9.15. The van der Waals surface area contributed by atoms with Gasteiger partial charge in [0.05, 0.1) is 0 Å². The number of carbonyl (C=O) groups excluding carboxylic acids is 1. The Hall–Kier alpha value is -2.07. The van der Waals surface area contributed by atoms with Gasteiger partial charge in [0.25, 0.3) is 0 Å². The van der Waals surface area contributed by atoms with E-state index in [0.717, 1.165) is 31.7 Å². The molecule has 2 saturated heterocycles. The number of hydrogen-bond donors (Lipinski definition) is 0. The number of pyridine rings is 1. The van der Waals surface area contributed by atoms with Crippen LogP contribution in [0.4, 0.5) is 4.79 Å². The third-order valence-electron chi connectivity index (χ3n) is 4.99. The molecule has 0 unspecified atom stereocenters. The van der Waals surface area contributed by atoms with Crippen LogP contribution in [0.25, 0.3) is 0 Å². The van der Waals surface area contributed by atoms with E-state index in [9.17, 15) is 4.79 Å². The van der Waals surface area contributed by atoms with Crippen LogP contribution < -0.4 is 31.1 Å². The van der Waals surface area contributed by atoms with Gasteiger partial charge in [0.1, 0.15) is 0 Å². The first kappa shape index (κ1) is 17.1. The van der Waals surface area contributed by atoms with Crippen molar-refractivity contribution >= 4 is 6.09 Å². The van der Waals surface area contributed by atoms with Gasteiger partial charge in [-0.3, -0.25) is 0 Å². The van der Waals surface area contributed by atoms with Crippen LogP contribution in [-0.2, 0) is 9.61 Å². The summed E-state index contributed by atoms with van der Waals surface area (Å²) in [6.07, 6.45) is 1.44. The van der Waals surface area contributed by atoms with Crippen molar-refractivity contribution in [1.82, 2.24) is 14.8 Å². The zero-order valence-electron chi connectivity index (χ0n) is 14.6. The Morgan fingerprint density at radius 3 is 2.96 bits per heavy atom. The molecule has 3 aliphatic rings. The van der Waals surface area contributed by atoms with Gasteiger partial charge in [-0.1, -0.05) is 0 Å². The Labute approximate surface area is 168 Å². The van der Waals surface area contributed by atoms with E-state index >= 15 is 0 Å². The van der Waals surface area contributed by atoms with E-state index in [2.05, 4.69) is 34.1 Å². The van der Waals surface area contributed by atoms with Gasteiger partial charge in [0.15, 0.2) is 0 Å². The fourth-order valence-electron chi connectivity index (χ4n) is 3.52. The number of piperazine rings is 1. The summed E-state index contributed by atoms with van der Waals surface area (Å²) in [6, 6.07) is 12.2. The summed E-state index contributed by atoms with van der Waals surface area (Å²) in [6.45, 7) is 3.93. The van der Waals surface area contributed by atoms with Crippen LogP contribution >= 0.6 is 0 Å². The predicted molar refractivity (Wildman–Crippen MR) is 91.8 cm³/mol. The number of carbonyl (C=O) groups is 1. The Morgan fingerprint density at radius 1 is 1.19 bits per heavy atom. The maximum absolute atomic E-state index is 11.6. The summed E-state index contributed by atoms with van der Waals surface area (Å²) in [7, 11) is 0. The number of fused-ring (bicyclic) bond motifs is 2. The molecule has 1 aromatic heterocycles. The van der Waals surface area contributed by atoms with Gasteiger partial charge in [0.2, 0.25) is 0 Å². The quantitative estimate of drug-likeness (QED) is 0.326. The van der Waals surface area contributed by atoms with E-state index in [0.29, 0.717) is 22.3 Å². The first-order valence-electron chi connectivity index (χ1n) is 8.93. The zero-order chi connectivity index (χ0) is 18.2. The standard InChI is InChI=1S/C19H19IN3O4/c24-19-23-9-8-22(11-17(23)20-27-19)10-13-3-5-14(6-4-13)16-12-25-15-2-1-7-21-18(15)26-16/h1-7,16-17H,8-12H2/q-1/t16-,17-/m1/s1. The third-order valence-corrected chi connectivity index (χ3v) is 7.27. The second kappa shape index (κ2) is 7.16. The SMILES string of the molecule is O=C1O[I-][C@H]2CN(Cc3ccc([C@H]4COc5cccnc5O4)cc3)CCN12. The number of ether oxygens (including phenoxy) is 2. The van der Waals surface area contributed by atoms with Crippen LogP contribution in [0, 0.1) is 0 Å². The molecule has 0 aliphatic carbocycles. The molecule has 5 rings (SSSR count). The molecule has 2 aromatic rings. The summed E-state index contributed by atoms with van der Waals surface area (Å²) >= 11 is -0.500. The van der Waals surface area contributed by atoms with Gasteiger partial charge in [0, 0.05) is 6.20 Å². The Morgan fingerprint density at radius 2 is 2.07 bits per heavy atom. The first-order chi connectivity index (χ1) is 13.3. The van der Waals surface area contributed by atoms with Crippen LogP contribution in [0.15, 0.2) is 42.6 Å². The molecule has 2 atom stereocenters. The van der Waals surface area contributed by atoms with Crippen molar-refractivity contribution in [2.75, 3.05) is 26.2 Å². The number of alkyl halides is 1. The zero-order valence-corrected chi connectivity index (χ0v) is 16.7. The third kappa shape index (κ3) is 3.43. The van der Waals surface area contributed by atoms with Crippen molar-refractivity contribution in [3.63, 3.8) is 0 Å². The molecule has 0 radical (unpaired) electrons. The van der Waals surface area contributed by atoms with Crippen LogP contribution in [0.2, 0.25) is 0 Å². The minimum atomic E-state index is -0.500. The number of rotatable bonds is 3. The summed E-state index contributed by atoms with van der Waals surface area (Å²) in [5.41, 5.74) is 2.34. The van der Waals surface area contributed by atoms with Crippen molar-refractivity contribution in [1.29, 1.82) is 0 Å². The molecule has 0 saturated carbocycles. The fraction of sp³-hybridized carbons (Fsp3) is 0.368. The van der Waals surface area contributed by atoms with E-state index in [-0.39, 0.29) is 12.2 Å². The average Bonchev–Trinajstić information content (AvgIpc) is 3.08. The van der Waals surface area contributed by atoms with Crippen molar-refractivity contribution in [2.24, 2.45) is 0 Å². The Balaban J connectivity index is 1.22. The number of benzene rings is 1. The predicted octanol–water partition coefficient (Wildman–Crippen LogP) is -0.808. The van der Waals surface area contributed by atoms with Crippen LogP contribution in [-0.4, -0.2) is 51.2 Å². The molecule has 27 heavy (non-hydrogen) atoms. The number of halogens is 1. The maximum atomic E-state index is 11.6. The van der Waals surface area contributed by atoms with Gasteiger partial charge < -0.3 is 0 Å². The van der Waals surface area contributed by atoms with Crippen molar-refractivity contribution in [2.45, 2.75) is 16.7 Å². The number of amides is 1. The number of nitrogens with zero attached hydrogens (tertiary/aromatic N) is 3. The summed E-state index contributed by atoms with van der Waals surface area (Å²) in [5.74, 6) is 1.24. The van der Waals surface area contributed by atoms with E-state index in [1.165, 1.54) is 5.56 Å². The Kier molecular flexibility index (Phi) is 4.52. The normalized spacial score (nSPS) is 24.7. The van der Waals surface area contributed by atoms with E-state index < -0.39 is 21.6 Å². The summed E-state index contributed by atoms with van der Waals surface area (Å²) in [4.78, 5) is 20.1. The molecular formula is C19H19IN3O4-. The molecule has 3 aliphatic heterocycles.